The van der Waals surface area contributed by atoms with Crippen molar-refractivity contribution in [1.82, 2.24) is 5.32 Å². The molecule has 0 aromatic heterocycles. The standard InChI is InChI=1S/C16H24N2O2S/c1-4-16(5-2,21-3)11-18-15(19)12-7-6-8-13-14(12)20-10-9-17-13/h6-8,17H,4-5,9-11H2,1-3H3,(H,18,19). The Morgan fingerprint density at radius 1 is 1.43 bits per heavy atom. The van der Waals surface area contributed by atoms with Crippen LogP contribution in [0.15, 0.2) is 18.2 Å². The summed E-state index contributed by atoms with van der Waals surface area (Å²) in [5.41, 5.74) is 1.51. The van der Waals surface area contributed by atoms with Crippen molar-refractivity contribution in [2.75, 3.05) is 31.3 Å². The molecule has 4 nitrogen and oxygen atoms in total. The third-order valence-electron chi connectivity index (χ3n) is 4.22. The molecule has 0 saturated carbocycles. The summed E-state index contributed by atoms with van der Waals surface area (Å²) in [7, 11) is 0. The number of hydrogen-bond acceptors (Lipinski definition) is 4. The summed E-state index contributed by atoms with van der Waals surface area (Å²) >= 11 is 1.83. The number of amides is 1. The summed E-state index contributed by atoms with van der Waals surface area (Å²) in [5, 5.41) is 6.33. The normalized spacial score (nSPS) is 13.9. The lowest BCUT2D eigenvalue weighted by atomic mass is 10.0. The van der Waals surface area contributed by atoms with Crippen LogP contribution in [0.25, 0.3) is 0 Å². The smallest absolute Gasteiger partial charge is 0.255 e. The van der Waals surface area contributed by atoms with Crippen LogP contribution < -0.4 is 15.4 Å². The average Bonchev–Trinajstić information content (AvgIpc) is 2.56. The largest absolute Gasteiger partial charge is 0.489 e. The van der Waals surface area contributed by atoms with Gasteiger partial charge in [-0.05, 0) is 31.2 Å². The number of nitrogens with one attached hydrogen (secondary N) is 2. The summed E-state index contributed by atoms with van der Waals surface area (Å²) in [4.78, 5) is 12.5. The highest BCUT2D eigenvalue weighted by Gasteiger charge is 2.26. The van der Waals surface area contributed by atoms with Crippen molar-refractivity contribution >= 4 is 23.4 Å². The molecule has 0 atom stereocenters. The first-order valence-electron chi connectivity index (χ1n) is 7.49. The number of hydrogen-bond donors (Lipinski definition) is 2. The maximum absolute atomic E-state index is 12.5. The molecule has 1 amide bonds. The van der Waals surface area contributed by atoms with Gasteiger partial charge in [0.05, 0.1) is 11.3 Å². The van der Waals surface area contributed by atoms with Gasteiger partial charge in [0.2, 0.25) is 0 Å². The molecule has 2 N–H and O–H groups in total. The Hall–Kier alpha value is -1.36. The number of carbonyl (C=O) groups is 1. The molecule has 1 aliphatic rings. The van der Waals surface area contributed by atoms with E-state index in [1.165, 1.54) is 0 Å². The van der Waals surface area contributed by atoms with E-state index >= 15 is 0 Å². The Labute approximate surface area is 131 Å². The molecule has 0 radical (unpaired) electrons. The van der Waals surface area contributed by atoms with Crippen molar-refractivity contribution in [2.24, 2.45) is 0 Å². The second-order valence-electron chi connectivity index (χ2n) is 5.23. The zero-order valence-electron chi connectivity index (χ0n) is 13.0. The molecule has 0 spiro atoms. The highest BCUT2D eigenvalue weighted by Crippen LogP contribution is 2.32. The molecule has 0 fully saturated rings. The van der Waals surface area contributed by atoms with Crippen molar-refractivity contribution in [3.05, 3.63) is 23.8 Å². The fourth-order valence-electron chi connectivity index (χ4n) is 2.55. The molecule has 0 aliphatic carbocycles. The second-order valence-corrected chi connectivity index (χ2v) is 6.51. The van der Waals surface area contributed by atoms with E-state index in [1.54, 1.807) is 0 Å². The zero-order valence-corrected chi connectivity index (χ0v) is 13.8. The predicted octanol–water partition coefficient (Wildman–Crippen LogP) is 3.14. The first-order valence-corrected chi connectivity index (χ1v) is 8.71. The van der Waals surface area contributed by atoms with Gasteiger partial charge in [0.1, 0.15) is 6.61 Å². The van der Waals surface area contributed by atoms with Gasteiger partial charge in [-0.1, -0.05) is 19.9 Å². The third kappa shape index (κ3) is 3.46. The third-order valence-corrected chi connectivity index (χ3v) is 5.80. The molecule has 116 valence electrons. The highest BCUT2D eigenvalue weighted by atomic mass is 32.2. The number of thioether (sulfide) groups is 1. The Morgan fingerprint density at radius 3 is 2.86 bits per heavy atom. The first-order chi connectivity index (χ1) is 10.2. The number of benzene rings is 1. The molecule has 1 aliphatic heterocycles. The minimum atomic E-state index is -0.0594. The van der Waals surface area contributed by atoms with E-state index in [0.717, 1.165) is 25.1 Å². The predicted molar refractivity (Wildman–Crippen MR) is 89.6 cm³/mol. The maximum atomic E-state index is 12.5. The first kappa shape index (κ1) is 16.0. The summed E-state index contributed by atoms with van der Waals surface area (Å²) in [5.74, 6) is 0.611. The molecular weight excluding hydrogens is 284 g/mol. The van der Waals surface area contributed by atoms with Crippen molar-refractivity contribution in [1.29, 1.82) is 0 Å². The highest BCUT2D eigenvalue weighted by molar-refractivity contribution is 8.00. The fourth-order valence-corrected chi connectivity index (χ4v) is 3.34. The van der Waals surface area contributed by atoms with Gasteiger partial charge in [-0.15, -0.1) is 0 Å². The van der Waals surface area contributed by atoms with Gasteiger partial charge in [0, 0.05) is 17.8 Å². The van der Waals surface area contributed by atoms with E-state index < -0.39 is 0 Å². The van der Waals surface area contributed by atoms with E-state index in [0.29, 0.717) is 24.5 Å². The SMILES string of the molecule is CCC(CC)(CNC(=O)c1cccc2c1OCCN2)SC. The van der Waals surface area contributed by atoms with Crippen LogP contribution in [0.5, 0.6) is 5.75 Å². The van der Waals surface area contributed by atoms with E-state index in [1.807, 2.05) is 30.0 Å². The summed E-state index contributed by atoms with van der Waals surface area (Å²) in [6.45, 7) is 6.39. The Balaban J connectivity index is 2.11. The van der Waals surface area contributed by atoms with Crippen LogP contribution in [0.2, 0.25) is 0 Å². The van der Waals surface area contributed by atoms with Crippen LogP contribution in [0.1, 0.15) is 37.0 Å². The Morgan fingerprint density at radius 2 is 2.19 bits per heavy atom. The lowest BCUT2D eigenvalue weighted by Gasteiger charge is -2.30. The average molecular weight is 308 g/mol. The molecule has 2 rings (SSSR count). The van der Waals surface area contributed by atoms with Crippen molar-refractivity contribution < 1.29 is 9.53 Å². The van der Waals surface area contributed by atoms with Gasteiger partial charge in [0.25, 0.3) is 5.91 Å². The maximum Gasteiger partial charge on any atom is 0.255 e. The van der Waals surface area contributed by atoms with E-state index in [9.17, 15) is 4.79 Å². The van der Waals surface area contributed by atoms with Gasteiger partial charge in [-0.3, -0.25) is 4.79 Å². The number of anilines is 1. The van der Waals surface area contributed by atoms with Crippen molar-refractivity contribution in [2.45, 2.75) is 31.4 Å². The van der Waals surface area contributed by atoms with Crippen LogP contribution in [0, 0.1) is 0 Å². The summed E-state index contributed by atoms with van der Waals surface area (Å²) < 4.78 is 5.77. The lowest BCUT2D eigenvalue weighted by molar-refractivity contribution is 0.0945. The quantitative estimate of drug-likeness (QED) is 0.847. The molecule has 21 heavy (non-hydrogen) atoms. The lowest BCUT2D eigenvalue weighted by Crippen LogP contribution is -2.39. The van der Waals surface area contributed by atoms with Crippen molar-refractivity contribution in [3.8, 4) is 5.75 Å². The monoisotopic (exact) mass is 308 g/mol. The number of carbonyl (C=O) groups excluding carboxylic acids is 1. The molecule has 1 aromatic carbocycles. The molecule has 1 heterocycles. The molecule has 0 saturated heterocycles. The van der Waals surface area contributed by atoms with Crippen molar-refractivity contribution in [3.63, 3.8) is 0 Å². The zero-order chi connectivity index (χ0) is 15.3. The van der Waals surface area contributed by atoms with Gasteiger partial charge in [0.15, 0.2) is 5.75 Å². The van der Waals surface area contributed by atoms with E-state index in [2.05, 4.69) is 30.7 Å². The van der Waals surface area contributed by atoms with E-state index in [4.69, 9.17) is 4.74 Å². The molecule has 0 bridgehead atoms. The topological polar surface area (TPSA) is 50.4 Å². The number of fused-ring (bicyclic) bond motifs is 1. The molecular formula is C16H24N2O2S. The van der Waals surface area contributed by atoms with Crippen LogP contribution in [0.3, 0.4) is 0 Å². The molecule has 1 aromatic rings. The van der Waals surface area contributed by atoms with Crippen LogP contribution in [0.4, 0.5) is 5.69 Å². The second kappa shape index (κ2) is 7.07. The molecule has 5 heteroatoms. The van der Waals surface area contributed by atoms with Gasteiger partial charge in [-0.2, -0.15) is 11.8 Å². The number of rotatable bonds is 6. The summed E-state index contributed by atoms with van der Waals surface area (Å²) in [6.07, 6.45) is 4.18. The molecule has 0 unspecified atom stereocenters. The van der Waals surface area contributed by atoms with Gasteiger partial charge < -0.3 is 15.4 Å². The summed E-state index contributed by atoms with van der Waals surface area (Å²) in [6, 6.07) is 5.65. The van der Waals surface area contributed by atoms with Gasteiger partial charge in [-0.25, -0.2) is 0 Å². The Kier molecular flexibility index (Phi) is 5.39. The van der Waals surface area contributed by atoms with Crippen LogP contribution in [-0.2, 0) is 0 Å². The minimum absolute atomic E-state index is 0.0594. The van der Waals surface area contributed by atoms with Gasteiger partial charge >= 0.3 is 0 Å². The minimum Gasteiger partial charge on any atom is -0.489 e. The Bertz CT molecular complexity index is 493. The number of ether oxygens (including phenoxy) is 1. The van der Waals surface area contributed by atoms with Crippen LogP contribution >= 0.6 is 11.8 Å². The van der Waals surface area contributed by atoms with E-state index in [-0.39, 0.29) is 10.7 Å². The number of para-hydroxylation sites is 1. The van der Waals surface area contributed by atoms with Crippen LogP contribution in [-0.4, -0.2) is 36.6 Å². The fraction of sp³-hybridized carbons (Fsp3) is 0.562.